The smallest absolute Gasteiger partial charge is 0.244 e. The Balaban J connectivity index is 2.79. The van der Waals surface area contributed by atoms with Crippen molar-refractivity contribution in [3.8, 4) is 0 Å². The van der Waals surface area contributed by atoms with E-state index >= 15 is 0 Å². The van der Waals surface area contributed by atoms with Gasteiger partial charge in [0, 0.05) is 6.04 Å². The van der Waals surface area contributed by atoms with Crippen LogP contribution in [0.15, 0.2) is 0 Å². The van der Waals surface area contributed by atoms with Crippen molar-refractivity contribution in [1.82, 2.24) is 10.2 Å². The molecule has 1 saturated heterocycles. The molecule has 0 saturated carbocycles. The Kier molecular flexibility index (Phi) is 6.18. The lowest BCUT2D eigenvalue weighted by Gasteiger charge is -2.32. The molecule has 4 heteroatoms. The summed E-state index contributed by atoms with van der Waals surface area (Å²) in [5, 5.41) is 3.56. The van der Waals surface area contributed by atoms with Gasteiger partial charge < -0.3 is 4.90 Å². The maximum absolute atomic E-state index is 12.7. The van der Waals surface area contributed by atoms with E-state index in [1.54, 1.807) is 0 Å². The van der Waals surface area contributed by atoms with E-state index in [1.807, 2.05) is 18.7 Å². The molecule has 1 aliphatic heterocycles. The zero-order valence-electron chi connectivity index (χ0n) is 13.3. The minimum absolute atomic E-state index is 0.180. The summed E-state index contributed by atoms with van der Waals surface area (Å²) in [6, 6.07) is 0.319. The number of thioether (sulfide) groups is 1. The number of carbonyl (C=O) groups is 1. The second-order valence-electron chi connectivity index (χ2n) is 6.07. The first-order valence-corrected chi connectivity index (χ1v) is 8.71. The fourth-order valence-electron chi connectivity index (χ4n) is 2.62. The number of rotatable bonds is 7. The van der Waals surface area contributed by atoms with Crippen LogP contribution in [0, 0.1) is 5.92 Å². The molecule has 1 fully saturated rings. The largest absolute Gasteiger partial charge is 0.323 e. The molecular weight excluding hydrogens is 256 g/mol. The van der Waals surface area contributed by atoms with Crippen LogP contribution in [0.25, 0.3) is 0 Å². The Bertz CT molecular complexity index is 309. The van der Waals surface area contributed by atoms with Crippen LogP contribution < -0.4 is 5.32 Å². The molecule has 0 aromatic carbocycles. The maximum Gasteiger partial charge on any atom is 0.244 e. The van der Waals surface area contributed by atoms with Gasteiger partial charge in [0.1, 0.15) is 0 Å². The molecule has 1 heterocycles. The van der Waals surface area contributed by atoms with Gasteiger partial charge in [-0.1, -0.05) is 27.7 Å². The Hall–Kier alpha value is -0.220. The van der Waals surface area contributed by atoms with Gasteiger partial charge in [-0.3, -0.25) is 10.1 Å². The Labute approximate surface area is 122 Å². The minimum atomic E-state index is -0.374. The van der Waals surface area contributed by atoms with E-state index in [2.05, 4.69) is 44.8 Å². The van der Waals surface area contributed by atoms with Gasteiger partial charge in [-0.2, -0.15) is 11.8 Å². The van der Waals surface area contributed by atoms with Crippen molar-refractivity contribution in [2.24, 2.45) is 5.92 Å². The lowest BCUT2D eigenvalue weighted by atomic mass is 9.99. The van der Waals surface area contributed by atoms with Crippen LogP contribution in [0.2, 0.25) is 0 Å². The highest BCUT2D eigenvalue weighted by Gasteiger charge is 2.48. The highest BCUT2D eigenvalue weighted by atomic mass is 32.2. The number of nitrogens with one attached hydrogen (secondary N) is 1. The number of hydrogen-bond donors (Lipinski definition) is 1. The standard InChI is InChI=1S/C15H30N2OS/c1-7-15(6)14(18)17(13(16-15)11(3)4)12(5)9-10-19-8-2/h11-13,16H,7-10H2,1-6H3. The van der Waals surface area contributed by atoms with Crippen LogP contribution in [-0.2, 0) is 4.79 Å². The number of hydrogen-bond acceptors (Lipinski definition) is 3. The first-order valence-electron chi connectivity index (χ1n) is 7.55. The predicted octanol–water partition coefficient (Wildman–Crippen LogP) is 3.10. The number of amides is 1. The second-order valence-corrected chi connectivity index (χ2v) is 7.46. The molecular formula is C15H30N2OS. The summed E-state index contributed by atoms with van der Waals surface area (Å²) in [4.78, 5) is 14.8. The molecule has 1 amide bonds. The minimum Gasteiger partial charge on any atom is -0.323 e. The van der Waals surface area contributed by atoms with E-state index in [1.165, 1.54) is 0 Å². The molecule has 112 valence electrons. The monoisotopic (exact) mass is 286 g/mol. The van der Waals surface area contributed by atoms with Crippen molar-refractivity contribution in [2.75, 3.05) is 11.5 Å². The molecule has 0 bridgehead atoms. The van der Waals surface area contributed by atoms with Crippen LogP contribution in [0.4, 0.5) is 0 Å². The van der Waals surface area contributed by atoms with E-state index in [4.69, 9.17) is 0 Å². The van der Waals surface area contributed by atoms with E-state index in [0.29, 0.717) is 12.0 Å². The second kappa shape index (κ2) is 6.98. The highest BCUT2D eigenvalue weighted by molar-refractivity contribution is 7.99. The summed E-state index contributed by atoms with van der Waals surface area (Å²) < 4.78 is 0. The zero-order chi connectivity index (χ0) is 14.6. The maximum atomic E-state index is 12.7. The molecule has 0 radical (unpaired) electrons. The van der Waals surface area contributed by atoms with Crippen molar-refractivity contribution in [3.63, 3.8) is 0 Å². The average molecular weight is 286 g/mol. The first kappa shape index (κ1) is 16.8. The van der Waals surface area contributed by atoms with Gasteiger partial charge in [-0.05, 0) is 44.1 Å². The summed E-state index contributed by atoms with van der Waals surface area (Å²) in [6.07, 6.45) is 2.11. The van der Waals surface area contributed by atoms with E-state index in [9.17, 15) is 4.79 Å². The quantitative estimate of drug-likeness (QED) is 0.730. The van der Waals surface area contributed by atoms with Crippen molar-refractivity contribution < 1.29 is 4.79 Å². The first-order chi connectivity index (χ1) is 8.87. The van der Waals surface area contributed by atoms with Crippen molar-refractivity contribution >= 4 is 17.7 Å². The molecule has 1 rings (SSSR count). The molecule has 1 N–H and O–H groups in total. The summed E-state index contributed by atoms with van der Waals surface area (Å²) in [7, 11) is 0. The summed E-state index contributed by atoms with van der Waals surface area (Å²) in [5.41, 5.74) is -0.374. The topological polar surface area (TPSA) is 32.3 Å². The summed E-state index contributed by atoms with van der Waals surface area (Å²) in [5.74, 6) is 3.01. The van der Waals surface area contributed by atoms with Gasteiger partial charge in [0.25, 0.3) is 0 Å². The van der Waals surface area contributed by atoms with Gasteiger partial charge >= 0.3 is 0 Å². The Morgan fingerprint density at radius 1 is 1.37 bits per heavy atom. The van der Waals surface area contributed by atoms with Crippen LogP contribution in [-0.4, -0.2) is 40.1 Å². The normalized spacial score (nSPS) is 29.3. The summed E-state index contributed by atoms with van der Waals surface area (Å²) in [6.45, 7) is 12.9. The molecule has 0 aliphatic carbocycles. The van der Waals surface area contributed by atoms with Crippen LogP contribution in [0.1, 0.15) is 54.4 Å². The lowest BCUT2D eigenvalue weighted by molar-refractivity contribution is -0.135. The Morgan fingerprint density at radius 3 is 2.47 bits per heavy atom. The zero-order valence-corrected chi connectivity index (χ0v) is 14.1. The highest BCUT2D eigenvalue weighted by Crippen LogP contribution is 2.30. The van der Waals surface area contributed by atoms with Crippen molar-refractivity contribution in [3.05, 3.63) is 0 Å². The average Bonchev–Trinajstić information content (AvgIpc) is 2.63. The fraction of sp³-hybridized carbons (Fsp3) is 0.933. The predicted molar refractivity (Wildman–Crippen MR) is 84.4 cm³/mol. The van der Waals surface area contributed by atoms with Crippen LogP contribution in [0.5, 0.6) is 0 Å². The van der Waals surface area contributed by atoms with Gasteiger partial charge in [0.15, 0.2) is 0 Å². The van der Waals surface area contributed by atoms with Crippen LogP contribution >= 0.6 is 11.8 Å². The van der Waals surface area contributed by atoms with Gasteiger partial charge in [0.05, 0.1) is 11.7 Å². The van der Waals surface area contributed by atoms with Crippen molar-refractivity contribution in [2.45, 2.75) is 72.1 Å². The third-order valence-corrected chi connectivity index (χ3v) is 5.10. The number of carbonyl (C=O) groups excluding carboxylic acids is 1. The fourth-order valence-corrected chi connectivity index (χ4v) is 3.42. The molecule has 3 nitrogen and oxygen atoms in total. The van der Waals surface area contributed by atoms with E-state index < -0.39 is 0 Å². The van der Waals surface area contributed by atoms with E-state index in [-0.39, 0.29) is 17.6 Å². The molecule has 0 spiro atoms. The van der Waals surface area contributed by atoms with Gasteiger partial charge in [-0.25, -0.2) is 0 Å². The molecule has 3 unspecified atom stereocenters. The molecule has 0 aromatic rings. The molecule has 19 heavy (non-hydrogen) atoms. The Morgan fingerprint density at radius 2 is 2.00 bits per heavy atom. The van der Waals surface area contributed by atoms with Gasteiger partial charge in [0.2, 0.25) is 5.91 Å². The molecule has 0 aromatic heterocycles. The van der Waals surface area contributed by atoms with Gasteiger partial charge in [-0.15, -0.1) is 0 Å². The SMILES string of the molecule is CCSCCC(C)N1C(=O)C(C)(CC)NC1C(C)C. The third kappa shape index (κ3) is 3.66. The van der Waals surface area contributed by atoms with E-state index in [0.717, 1.165) is 24.3 Å². The van der Waals surface area contributed by atoms with Crippen LogP contribution in [0.3, 0.4) is 0 Å². The summed E-state index contributed by atoms with van der Waals surface area (Å²) >= 11 is 1.95. The number of nitrogens with zero attached hydrogens (tertiary/aromatic N) is 1. The molecule has 3 atom stereocenters. The lowest BCUT2D eigenvalue weighted by Crippen LogP contribution is -2.46. The molecule has 1 aliphatic rings. The third-order valence-electron chi connectivity index (χ3n) is 4.17. The van der Waals surface area contributed by atoms with Crippen molar-refractivity contribution in [1.29, 1.82) is 0 Å².